The molecule has 0 atom stereocenters. The van der Waals surface area contributed by atoms with Crippen molar-refractivity contribution in [1.29, 1.82) is 0 Å². The van der Waals surface area contributed by atoms with Gasteiger partial charge in [0, 0.05) is 29.6 Å². The second-order valence-electron chi connectivity index (χ2n) is 4.32. The van der Waals surface area contributed by atoms with E-state index in [4.69, 9.17) is 9.84 Å². The van der Waals surface area contributed by atoms with E-state index >= 15 is 0 Å². The molecule has 1 aromatic carbocycles. The zero-order valence-corrected chi connectivity index (χ0v) is 11.3. The van der Waals surface area contributed by atoms with Crippen LogP contribution in [-0.2, 0) is 4.79 Å². The van der Waals surface area contributed by atoms with Gasteiger partial charge in [-0.15, -0.1) is 0 Å². The fourth-order valence-electron chi connectivity index (χ4n) is 1.97. The summed E-state index contributed by atoms with van der Waals surface area (Å²) in [5.41, 5.74) is 3.34. The summed E-state index contributed by atoms with van der Waals surface area (Å²) in [6.45, 7) is 1.77. The summed E-state index contributed by atoms with van der Waals surface area (Å²) >= 11 is 0. The lowest BCUT2D eigenvalue weighted by Gasteiger charge is -2.11. The number of ether oxygens (including phenoxy) is 1. The second-order valence-corrected chi connectivity index (χ2v) is 4.32. The first-order valence-corrected chi connectivity index (χ1v) is 6.12. The van der Waals surface area contributed by atoms with E-state index in [1.54, 1.807) is 26.4 Å². The number of aromatic nitrogens is 1. The molecule has 4 nitrogen and oxygen atoms in total. The molecule has 0 aliphatic rings. The van der Waals surface area contributed by atoms with Gasteiger partial charge in [0.2, 0.25) is 0 Å². The van der Waals surface area contributed by atoms with Crippen LogP contribution in [0, 0.1) is 0 Å². The van der Waals surface area contributed by atoms with Crippen LogP contribution in [0.4, 0.5) is 0 Å². The molecule has 20 heavy (non-hydrogen) atoms. The van der Waals surface area contributed by atoms with Crippen molar-refractivity contribution >= 4 is 11.5 Å². The third-order valence-corrected chi connectivity index (χ3v) is 2.97. The number of allylic oxidation sites excluding steroid dienone is 1. The molecule has 102 valence electrons. The van der Waals surface area contributed by atoms with Crippen LogP contribution < -0.4 is 4.74 Å². The van der Waals surface area contributed by atoms with Crippen LogP contribution >= 0.6 is 0 Å². The van der Waals surface area contributed by atoms with E-state index in [1.165, 1.54) is 6.08 Å². The largest absolute Gasteiger partial charge is 0.496 e. The number of rotatable bonds is 4. The van der Waals surface area contributed by atoms with Gasteiger partial charge in [-0.3, -0.25) is 4.98 Å². The molecule has 2 aromatic rings. The van der Waals surface area contributed by atoms with E-state index in [1.807, 2.05) is 30.3 Å². The van der Waals surface area contributed by atoms with E-state index in [9.17, 15) is 4.79 Å². The summed E-state index contributed by atoms with van der Waals surface area (Å²) in [6.07, 6.45) is 4.64. The van der Waals surface area contributed by atoms with Gasteiger partial charge in [0.05, 0.1) is 7.11 Å². The van der Waals surface area contributed by atoms with Gasteiger partial charge >= 0.3 is 5.97 Å². The highest BCUT2D eigenvalue weighted by atomic mass is 16.5. The van der Waals surface area contributed by atoms with Crippen molar-refractivity contribution in [2.75, 3.05) is 7.11 Å². The lowest BCUT2D eigenvalue weighted by molar-refractivity contribution is -0.131. The summed E-state index contributed by atoms with van der Waals surface area (Å²) in [5, 5.41) is 8.82. The Morgan fingerprint density at radius 2 is 2.15 bits per heavy atom. The topological polar surface area (TPSA) is 59.4 Å². The predicted molar refractivity (Wildman–Crippen MR) is 77.5 cm³/mol. The maximum Gasteiger partial charge on any atom is 0.328 e. The lowest BCUT2D eigenvalue weighted by Crippen LogP contribution is -1.93. The van der Waals surface area contributed by atoms with E-state index in [0.29, 0.717) is 5.57 Å². The summed E-state index contributed by atoms with van der Waals surface area (Å²) in [5.74, 6) is -0.230. The highest BCUT2D eigenvalue weighted by Gasteiger charge is 2.08. The molecule has 0 saturated heterocycles. The smallest absolute Gasteiger partial charge is 0.328 e. The van der Waals surface area contributed by atoms with Gasteiger partial charge in [-0.05, 0) is 36.3 Å². The number of methoxy groups -OCH3 is 1. The molecule has 0 spiro atoms. The molecular formula is C16H15NO3. The Hall–Kier alpha value is -2.62. The van der Waals surface area contributed by atoms with Crippen molar-refractivity contribution in [2.45, 2.75) is 6.92 Å². The number of carboxylic acid groups (broad SMARTS) is 1. The molecule has 4 heteroatoms. The summed E-state index contributed by atoms with van der Waals surface area (Å²) in [4.78, 5) is 14.8. The van der Waals surface area contributed by atoms with Crippen molar-refractivity contribution in [3.05, 3.63) is 54.4 Å². The standard InChI is InChI=1S/C16H15NO3/c1-11(8-16(18)19)12-5-6-15(20-2)14(9-12)13-4-3-7-17-10-13/h3-10H,1-2H3,(H,18,19)/b11-8+. The van der Waals surface area contributed by atoms with Crippen molar-refractivity contribution in [3.63, 3.8) is 0 Å². The van der Waals surface area contributed by atoms with Crippen molar-refractivity contribution < 1.29 is 14.6 Å². The number of aliphatic carboxylic acids is 1. The molecule has 0 fully saturated rings. The van der Waals surface area contributed by atoms with E-state index < -0.39 is 5.97 Å². The van der Waals surface area contributed by atoms with Gasteiger partial charge < -0.3 is 9.84 Å². The molecule has 0 saturated carbocycles. The average molecular weight is 269 g/mol. The Morgan fingerprint density at radius 3 is 2.75 bits per heavy atom. The van der Waals surface area contributed by atoms with Crippen molar-refractivity contribution in [2.24, 2.45) is 0 Å². The normalized spacial score (nSPS) is 11.2. The molecule has 0 amide bonds. The third kappa shape index (κ3) is 3.03. The van der Waals surface area contributed by atoms with Crippen LogP contribution in [0.3, 0.4) is 0 Å². The number of hydrogen-bond donors (Lipinski definition) is 1. The molecule has 0 aliphatic carbocycles. The minimum atomic E-state index is -0.957. The van der Waals surface area contributed by atoms with Crippen LogP contribution in [-0.4, -0.2) is 23.2 Å². The number of pyridine rings is 1. The number of nitrogens with zero attached hydrogens (tertiary/aromatic N) is 1. The average Bonchev–Trinajstić information content (AvgIpc) is 2.46. The minimum absolute atomic E-state index is 0.685. The van der Waals surface area contributed by atoms with Crippen LogP contribution in [0.25, 0.3) is 16.7 Å². The quantitative estimate of drug-likeness (QED) is 0.865. The van der Waals surface area contributed by atoms with Gasteiger partial charge in [-0.1, -0.05) is 12.1 Å². The molecule has 1 N–H and O–H groups in total. The Kier molecular flexibility index (Phi) is 4.15. The monoisotopic (exact) mass is 269 g/mol. The first-order chi connectivity index (χ1) is 9.61. The van der Waals surface area contributed by atoms with Gasteiger partial charge in [0.1, 0.15) is 5.75 Å². The number of hydrogen-bond acceptors (Lipinski definition) is 3. The Balaban J connectivity index is 2.53. The second kappa shape index (κ2) is 6.02. The van der Waals surface area contributed by atoms with Gasteiger partial charge in [0.25, 0.3) is 0 Å². The van der Waals surface area contributed by atoms with Gasteiger partial charge in [-0.25, -0.2) is 4.79 Å². The van der Waals surface area contributed by atoms with Crippen molar-refractivity contribution in [1.82, 2.24) is 4.98 Å². The van der Waals surface area contributed by atoms with E-state index in [0.717, 1.165) is 22.4 Å². The zero-order chi connectivity index (χ0) is 14.5. The third-order valence-electron chi connectivity index (χ3n) is 2.97. The first-order valence-electron chi connectivity index (χ1n) is 6.12. The van der Waals surface area contributed by atoms with E-state index in [-0.39, 0.29) is 0 Å². The molecule has 1 heterocycles. The van der Waals surface area contributed by atoms with Crippen LogP contribution in [0.2, 0.25) is 0 Å². The van der Waals surface area contributed by atoms with Crippen LogP contribution in [0.1, 0.15) is 12.5 Å². The van der Waals surface area contributed by atoms with E-state index in [2.05, 4.69) is 4.98 Å². The molecule has 0 radical (unpaired) electrons. The summed E-state index contributed by atoms with van der Waals surface area (Å²) in [6, 6.07) is 9.36. The molecule has 0 bridgehead atoms. The summed E-state index contributed by atoms with van der Waals surface area (Å²) in [7, 11) is 1.61. The maximum atomic E-state index is 10.7. The Bertz CT molecular complexity index is 648. The lowest BCUT2D eigenvalue weighted by atomic mass is 9.99. The Labute approximate surface area is 117 Å². The maximum absolute atomic E-state index is 10.7. The Morgan fingerprint density at radius 1 is 1.35 bits per heavy atom. The van der Waals surface area contributed by atoms with Gasteiger partial charge in [0.15, 0.2) is 0 Å². The molecule has 1 aromatic heterocycles. The summed E-state index contributed by atoms with van der Waals surface area (Å²) < 4.78 is 5.35. The number of benzene rings is 1. The van der Waals surface area contributed by atoms with Gasteiger partial charge in [-0.2, -0.15) is 0 Å². The fraction of sp³-hybridized carbons (Fsp3) is 0.125. The predicted octanol–water partition coefficient (Wildman–Crippen LogP) is 3.25. The fourth-order valence-corrected chi connectivity index (χ4v) is 1.97. The highest BCUT2D eigenvalue weighted by Crippen LogP contribution is 2.32. The SMILES string of the molecule is COc1ccc(/C(C)=C/C(=O)O)cc1-c1cccnc1. The number of carbonyl (C=O) groups is 1. The van der Waals surface area contributed by atoms with Crippen LogP contribution in [0.5, 0.6) is 5.75 Å². The molecule has 0 aliphatic heterocycles. The molecular weight excluding hydrogens is 254 g/mol. The number of carboxylic acids is 1. The molecule has 0 unspecified atom stereocenters. The van der Waals surface area contributed by atoms with Crippen LogP contribution in [0.15, 0.2) is 48.8 Å². The van der Waals surface area contributed by atoms with Crippen molar-refractivity contribution in [3.8, 4) is 16.9 Å². The highest BCUT2D eigenvalue weighted by molar-refractivity contribution is 5.90. The zero-order valence-electron chi connectivity index (χ0n) is 11.3. The molecule has 2 rings (SSSR count). The first kappa shape index (κ1) is 13.8. The minimum Gasteiger partial charge on any atom is -0.496 e.